The highest BCUT2D eigenvalue weighted by Gasteiger charge is 2.29. The summed E-state index contributed by atoms with van der Waals surface area (Å²) in [6, 6.07) is 7.22. The second-order valence-corrected chi connectivity index (χ2v) is 8.04. The fraction of sp³-hybridized carbons (Fsp3) is 0.250. The quantitative estimate of drug-likeness (QED) is 0.659. The van der Waals surface area contributed by atoms with Crippen LogP contribution >= 0.6 is 11.8 Å². The Kier molecular flexibility index (Phi) is 4.61. The minimum absolute atomic E-state index is 0.114. The van der Waals surface area contributed by atoms with Crippen LogP contribution in [0.15, 0.2) is 38.5 Å². The van der Waals surface area contributed by atoms with Crippen molar-refractivity contribution in [3.63, 3.8) is 0 Å². The first-order valence-corrected chi connectivity index (χ1v) is 10.2. The summed E-state index contributed by atoms with van der Waals surface area (Å²) in [5.74, 6) is 0.551. The Labute approximate surface area is 150 Å². The standard InChI is InChI=1S/C16H18N4O3S2/c1-9-14(16-19-18-11(3)23-16)15(10(2)17-9)25(21,22)20-12-6-5-7-13(8-12)24-4/h5-8,17,20H,1-4H3. The van der Waals surface area contributed by atoms with Gasteiger partial charge in [0.05, 0.1) is 5.56 Å². The maximum atomic E-state index is 13.0. The van der Waals surface area contributed by atoms with Crippen molar-refractivity contribution in [3.8, 4) is 11.5 Å². The van der Waals surface area contributed by atoms with E-state index in [0.29, 0.717) is 28.5 Å². The lowest BCUT2D eigenvalue weighted by atomic mass is 10.2. The number of nitrogens with zero attached hydrogens (tertiary/aromatic N) is 2. The molecule has 0 aliphatic rings. The highest BCUT2D eigenvalue weighted by Crippen LogP contribution is 2.34. The van der Waals surface area contributed by atoms with Crippen LogP contribution in [-0.4, -0.2) is 29.9 Å². The second kappa shape index (κ2) is 6.57. The summed E-state index contributed by atoms with van der Waals surface area (Å²) in [6.45, 7) is 5.13. The molecule has 2 aromatic heterocycles. The fourth-order valence-corrected chi connectivity index (χ4v) is 4.60. The number of aryl methyl sites for hydroxylation is 3. The fourth-order valence-electron chi connectivity index (χ4n) is 2.64. The van der Waals surface area contributed by atoms with Crippen LogP contribution in [0.5, 0.6) is 0 Å². The molecule has 0 spiro atoms. The summed E-state index contributed by atoms with van der Waals surface area (Å²) in [5.41, 5.74) is 2.06. The average molecular weight is 378 g/mol. The molecule has 0 aliphatic carbocycles. The van der Waals surface area contributed by atoms with Gasteiger partial charge in [-0.3, -0.25) is 4.72 Å². The first kappa shape index (κ1) is 17.6. The highest BCUT2D eigenvalue weighted by molar-refractivity contribution is 7.98. The number of thioether (sulfide) groups is 1. The maximum absolute atomic E-state index is 13.0. The van der Waals surface area contributed by atoms with E-state index < -0.39 is 10.0 Å². The number of rotatable bonds is 5. The Morgan fingerprint density at radius 3 is 2.56 bits per heavy atom. The van der Waals surface area contributed by atoms with Crippen LogP contribution < -0.4 is 4.72 Å². The number of benzene rings is 1. The average Bonchev–Trinajstić information content (AvgIpc) is 3.09. The van der Waals surface area contributed by atoms with E-state index in [1.54, 1.807) is 50.7 Å². The lowest BCUT2D eigenvalue weighted by Gasteiger charge is -2.10. The van der Waals surface area contributed by atoms with E-state index in [1.807, 2.05) is 12.3 Å². The van der Waals surface area contributed by atoms with Gasteiger partial charge in [0.2, 0.25) is 5.89 Å². The summed E-state index contributed by atoms with van der Waals surface area (Å²) >= 11 is 1.54. The van der Waals surface area contributed by atoms with Crippen molar-refractivity contribution in [2.24, 2.45) is 0 Å². The van der Waals surface area contributed by atoms with Crippen molar-refractivity contribution in [2.45, 2.75) is 30.6 Å². The van der Waals surface area contributed by atoms with E-state index >= 15 is 0 Å². The van der Waals surface area contributed by atoms with Crippen molar-refractivity contribution < 1.29 is 12.8 Å². The third kappa shape index (κ3) is 3.42. The maximum Gasteiger partial charge on any atom is 0.264 e. The predicted octanol–water partition coefficient (Wildman–Crippen LogP) is 3.51. The van der Waals surface area contributed by atoms with Gasteiger partial charge in [0.25, 0.3) is 15.9 Å². The van der Waals surface area contributed by atoms with E-state index in [9.17, 15) is 8.42 Å². The molecule has 0 unspecified atom stereocenters. The lowest BCUT2D eigenvalue weighted by Crippen LogP contribution is -2.14. The first-order chi connectivity index (χ1) is 11.8. The minimum atomic E-state index is -3.84. The summed E-state index contributed by atoms with van der Waals surface area (Å²) < 4.78 is 34.1. The lowest BCUT2D eigenvalue weighted by molar-refractivity contribution is 0.531. The smallest absolute Gasteiger partial charge is 0.264 e. The van der Waals surface area contributed by atoms with E-state index in [-0.39, 0.29) is 10.8 Å². The van der Waals surface area contributed by atoms with Gasteiger partial charge in [0.1, 0.15) is 4.90 Å². The summed E-state index contributed by atoms with van der Waals surface area (Å²) in [7, 11) is -3.84. The molecule has 0 radical (unpaired) electrons. The van der Waals surface area contributed by atoms with E-state index in [2.05, 4.69) is 19.9 Å². The number of aromatic nitrogens is 3. The normalized spacial score (nSPS) is 11.7. The van der Waals surface area contributed by atoms with Crippen LogP contribution in [0.25, 0.3) is 11.5 Å². The Morgan fingerprint density at radius 2 is 1.92 bits per heavy atom. The monoisotopic (exact) mass is 378 g/mol. The molecule has 0 fully saturated rings. The van der Waals surface area contributed by atoms with Crippen molar-refractivity contribution in [2.75, 3.05) is 11.0 Å². The van der Waals surface area contributed by atoms with Crippen molar-refractivity contribution in [1.82, 2.24) is 15.2 Å². The van der Waals surface area contributed by atoms with Gasteiger partial charge in [-0.1, -0.05) is 6.07 Å². The molecule has 0 bridgehead atoms. The highest BCUT2D eigenvalue weighted by atomic mass is 32.2. The van der Waals surface area contributed by atoms with Crippen LogP contribution in [0.4, 0.5) is 5.69 Å². The zero-order valence-corrected chi connectivity index (χ0v) is 15.9. The molecule has 132 valence electrons. The molecule has 0 saturated carbocycles. The van der Waals surface area contributed by atoms with Crippen LogP contribution in [0.3, 0.4) is 0 Å². The zero-order valence-electron chi connectivity index (χ0n) is 14.2. The molecule has 7 nitrogen and oxygen atoms in total. The molecule has 0 aliphatic heterocycles. The number of sulfonamides is 1. The van der Waals surface area contributed by atoms with E-state index in [0.717, 1.165) is 4.90 Å². The summed E-state index contributed by atoms with van der Waals surface area (Å²) in [4.78, 5) is 4.13. The Hall–Kier alpha value is -2.26. The Morgan fingerprint density at radius 1 is 1.16 bits per heavy atom. The Bertz CT molecular complexity index is 1020. The van der Waals surface area contributed by atoms with Gasteiger partial charge in [-0.05, 0) is 38.3 Å². The van der Waals surface area contributed by atoms with Crippen LogP contribution in [0.1, 0.15) is 17.3 Å². The molecule has 1 aromatic carbocycles. The molecular formula is C16H18N4O3S2. The second-order valence-electron chi connectivity index (χ2n) is 5.54. The van der Waals surface area contributed by atoms with Gasteiger partial charge in [0.15, 0.2) is 0 Å². The van der Waals surface area contributed by atoms with Gasteiger partial charge in [-0.25, -0.2) is 8.42 Å². The van der Waals surface area contributed by atoms with Crippen molar-refractivity contribution in [1.29, 1.82) is 0 Å². The van der Waals surface area contributed by atoms with Gasteiger partial charge in [-0.15, -0.1) is 22.0 Å². The molecule has 0 atom stereocenters. The molecule has 0 amide bonds. The van der Waals surface area contributed by atoms with Gasteiger partial charge < -0.3 is 9.40 Å². The van der Waals surface area contributed by atoms with Crippen LogP contribution in [0, 0.1) is 20.8 Å². The van der Waals surface area contributed by atoms with Gasteiger partial charge >= 0.3 is 0 Å². The van der Waals surface area contributed by atoms with Crippen LogP contribution in [0.2, 0.25) is 0 Å². The topological polar surface area (TPSA) is 101 Å². The number of hydrogen-bond acceptors (Lipinski definition) is 6. The third-order valence-corrected chi connectivity index (χ3v) is 5.93. The number of hydrogen-bond donors (Lipinski definition) is 2. The minimum Gasteiger partial charge on any atom is -0.421 e. The molecular weight excluding hydrogens is 360 g/mol. The molecule has 2 N–H and O–H groups in total. The van der Waals surface area contributed by atoms with Gasteiger partial charge in [-0.2, -0.15) is 0 Å². The summed E-state index contributed by atoms with van der Waals surface area (Å²) in [6.07, 6.45) is 1.93. The first-order valence-electron chi connectivity index (χ1n) is 7.48. The van der Waals surface area contributed by atoms with E-state index in [1.165, 1.54) is 0 Å². The van der Waals surface area contributed by atoms with Crippen LogP contribution in [-0.2, 0) is 10.0 Å². The van der Waals surface area contributed by atoms with Crippen molar-refractivity contribution in [3.05, 3.63) is 41.5 Å². The Balaban J connectivity index is 2.08. The van der Waals surface area contributed by atoms with Gasteiger partial charge in [0, 0.05) is 28.9 Å². The zero-order chi connectivity index (χ0) is 18.2. The number of nitrogens with one attached hydrogen (secondary N) is 2. The number of H-pyrrole nitrogens is 1. The molecule has 3 aromatic rings. The largest absolute Gasteiger partial charge is 0.421 e. The number of aromatic amines is 1. The summed E-state index contributed by atoms with van der Waals surface area (Å²) in [5, 5.41) is 7.76. The molecule has 9 heteroatoms. The third-order valence-electron chi connectivity index (χ3n) is 3.65. The van der Waals surface area contributed by atoms with E-state index in [4.69, 9.17) is 4.42 Å². The van der Waals surface area contributed by atoms with Crippen molar-refractivity contribution >= 4 is 27.5 Å². The molecule has 2 heterocycles. The SMILES string of the molecule is CSc1cccc(NS(=O)(=O)c2c(C)[nH]c(C)c2-c2nnc(C)o2)c1. The number of anilines is 1. The molecule has 3 rings (SSSR count). The predicted molar refractivity (Wildman–Crippen MR) is 97.3 cm³/mol. The molecule has 0 saturated heterocycles. The molecule has 25 heavy (non-hydrogen) atoms.